The van der Waals surface area contributed by atoms with E-state index in [1.54, 1.807) is 18.2 Å². The SMILES string of the molecule is CC(C)c1nnsc1C(=O)c1ccc(Cl)c(Cl)c1. The van der Waals surface area contributed by atoms with E-state index in [9.17, 15) is 4.79 Å². The molecule has 1 aromatic carbocycles. The minimum absolute atomic E-state index is 0.118. The van der Waals surface area contributed by atoms with Gasteiger partial charge in [0.05, 0.1) is 15.7 Å². The molecule has 0 unspecified atom stereocenters. The van der Waals surface area contributed by atoms with Gasteiger partial charge in [-0.3, -0.25) is 4.79 Å². The van der Waals surface area contributed by atoms with E-state index >= 15 is 0 Å². The summed E-state index contributed by atoms with van der Waals surface area (Å²) in [6.07, 6.45) is 0. The zero-order valence-corrected chi connectivity index (χ0v) is 12.1. The minimum atomic E-state index is -0.118. The van der Waals surface area contributed by atoms with E-state index in [0.29, 0.717) is 20.5 Å². The Morgan fingerprint density at radius 1 is 1.28 bits per heavy atom. The van der Waals surface area contributed by atoms with Crippen LogP contribution in [0, 0.1) is 0 Å². The van der Waals surface area contributed by atoms with Crippen molar-refractivity contribution >= 4 is 40.5 Å². The van der Waals surface area contributed by atoms with Gasteiger partial charge in [0, 0.05) is 5.56 Å². The summed E-state index contributed by atoms with van der Waals surface area (Å²) in [6.45, 7) is 3.95. The average Bonchev–Trinajstić information content (AvgIpc) is 2.81. The molecular weight excluding hydrogens is 291 g/mol. The van der Waals surface area contributed by atoms with Crippen LogP contribution < -0.4 is 0 Å². The summed E-state index contributed by atoms with van der Waals surface area (Å²) in [5.41, 5.74) is 1.22. The van der Waals surface area contributed by atoms with Crippen molar-refractivity contribution < 1.29 is 4.79 Å². The fourth-order valence-electron chi connectivity index (χ4n) is 1.50. The van der Waals surface area contributed by atoms with Gasteiger partial charge in [0.15, 0.2) is 0 Å². The normalized spacial score (nSPS) is 10.9. The second kappa shape index (κ2) is 5.34. The van der Waals surface area contributed by atoms with E-state index in [1.807, 2.05) is 13.8 Å². The molecule has 2 rings (SSSR count). The Bertz CT molecular complexity index is 596. The van der Waals surface area contributed by atoms with Crippen LogP contribution in [-0.4, -0.2) is 15.4 Å². The van der Waals surface area contributed by atoms with Gasteiger partial charge < -0.3 is 0 Å². The van der Waals surface area contributed by atoms with Gasteiger partial charge in [0.25, 0.3) is 0 Å². The molecular formula is C12H10Cl2N2OS. The number of halogens is 2. The predicted molar refractivity (Wildman–Crippen MR) is 73.9 cm³/mol. The molecule has 0 aliphatic heterocycles. The van der Waals surface area contributed by atoms with Crippen LogP contribution in [0.4, 0.5) is 0 Å². The first-order chi connectivity index (χ1) is 8.50. The van der Waals surface area contributed by atoms with Crippen molar-refractivity contribution in [1.82, 2.24) is 9.59 Å². The molecule has 0 radical (unpaired) electrons. The summed E-state index contributed by atoms with van der Waals surface area (Å²) < 4.78 is 3.84. The Hall–Kier alpha value is -0.970. The summed E-state index contributed by atoms with van der Waals surface area (Å²) in [4.78, 5) is 12.9. The minimum Gasteiger partial charge on any atom is -0.288 e. The van der Waals surface area contributed by atoms with Crippen molar-refractivity contribution in [2.75, 3.05) is 0 Å². The molecule has 0 N–H and O–H groups in total. The molecule has 94 valence electrons. The van der Waals surface area contributed by atoms with Crippen molar-refractivity contribution in [1.29, 1.82) is 0 Å². The quantitative estimate of drug-likeness (QED) is 0.798. The highest BCUT2D eigenvalue weighted by atomic mass is 35.5. The van der Waals surface area contributed by atoms with Crippen LogP contribution in [0.5, 0.6) is 0 Å². The molecule has 0 spiro atoms. The molecule has 0 amide bonds. The maximum Gasteiger partial charge on any atom is 0.206 e. The van der Waals surface area contributed by atoms with Crippen LogP contribution in [0.25, 0.3) is 0 Å². The molecule has 0 aliphatic rings. The van der Waals surface area contributed by atoms with E-state index in [2.05, 4.69) is 9.59 Å². The molecule has 1 aromatic heterocycles. The lowest BCUT2D eigenvalue weighted by atomic mass is 10.0. The zero-order valence-electron chi connectivity index (χ0n) is 9.78. The van der Waals surface area contributed by atoms with E-state index < -0.39 is 0 Å². The van der Waals surface area contributed by atoms with E-state index in [4.69, 9.17) is 23.2 Å². The van der Waals surface area contributed by atoms with Crippen LogP contribution in [0.3, 0.4) is 0 Å². The molecule has 0 bridgehead atoms. The molecule has 3 nitrogen and oxygen atoms in total. The van der Waals surface area contributed by atoms with E-state index in [-0.39, 0.29) is 11.7 Å². The predicted octanol–water partition coefficient (Wildman–Crippen LogP) is 4.20. The monoisotopic (exact) mass is 300 g/mol. The highest BCUT2D eigenvalue weighted by Gasteiger charge is 2.20. The number of rotatable bonds is 3. The summed E-state index contributed by atoms with van der Waals surface area (Å²) >= 11 is 12.8. The lowest BCUT2D eigenvalue weighted by Gasteiger charge is -2.04. The number of nitrogens with zero attached hydrogens (tertiary/aromatic N) is 2. The fourth-order valence-corrected chi connectivity index (χ4v) is 2.58. The number of hydrogen-bond acceptors (Lipinski definition) is 4. The smallest absolute Gasteiger partial charge is 0.206 e. The van der Waals surface area contributed by atoms with Gasteiger partial charge in [0.2, 0.25) is 5.78 Å². The zero-order chi connectivity index (χ0) is 13.3. The Morgan fingerprint density at radius 3 is 2.61 bits per heavy atom. The molecule has 0 saturated heterocycles. The van der Waals surface area contributed by atoms with Crippen LogP contribution in [0.1, 0.15) is 40.7 Å². The first-order valence-corrected chi connectivity index (χ1v) is 6.85. The molecule has 0 saturated carbocycles. The molecule has 1 heterocycles. The first-order valence-electron chi connectivity index (χ1n) is 5.32. The molecule has 0 aliphatic carbocycles. The van der Waals surface area contributed by atoms with Gasteiger partial charge in [-0.05, 0) is 35.6 Å². The van der Waals surface area contributed by atoms with Crippen LogP contribution in [0.2, 0.25) is 10.0 Å². The van der Waals surface area contributed by atoms with Crippen molar-refractivity contribution in [3.63, 3.8) is 0 Å². The summed E-state index contributed by atoms with van der Waals surface area (Å²) in [5, 5.41) is 4.79. The summed E-state index contributed by atoms with van der Waals surface area (Å²) in [6, 6.07) is 4.83. The van der Waals surface area contributed by atoms with Crippen molar-refractivity contribution in [2.24, 2.45) is 0 Å². The molecule has 18 heavy (non-hydrogen) atoms. The van der Waals surface area contributed by atoms with Gasteiger partial charge in [-0.2, -0.15) is 0 Å². The van der Waals surface area contributed by atoms with Crippen LogP contribution >= 0.6 is 34.7 Å². The number of ketones is 1. The Kier molecular flexibility index (Phi) is 4.00. The van der Waals surface area contributed by atoms with Gasteiger partial charge in [-0.15, -0.1) is 5.10 Å². The second-order valence-electron chi connectivity index (χ2n) is 4.10. The van der Waals surface area contributed by atoms with E-state index in [1.165, 1.54) is 0 Å². The average molecular weight is 301 g/mol. The largest absolute Gasteiger partial charge is 0.288 e. The van der Waals surface area contributed by atoms with Gasteiger partial charge in [0.1, 0.15) is 4.88 Å². The second-order valence-corrected chi connectivity index (χ2v) is 5.67. The van der Waals surface area contributed by atoms with Crippen molar-refractivity contribution in [3.8, 4) is 0 Å². The summed E-state index contributed by atoms with van der Waals surface area (Å²) in [7, 11) is 0. The van der Waals surface area contributed by atoms with Crippen molar-refractivity contribution in [3.05, 3.63) is 44.4 Å². The lowest BCUT2D eigenvalue weighted by molar-refractivity contribution is 0.104. The Morgan fingerprint density at radius 2 is 2.00 bits per heavy atom. The maximum atomic E-state index is 12.3. The van der Waals surface area contributed by atoms with Gasteiger partial charge in [-0.1, -0.05) is 41.5 Å². The Balaban J connectivity index is 2.42. The van der Waals surface area contributed by atoms with E-state index in [0.717, 1.165) is 17.2 Å². The molecule has 0 fully saturated rings. The highest BCUT2D eigenvalue weighted by molar-refractivity contribution is 7.08. The topological polar surface area (TPSA) is 42.9 Å². The number of aromatic nitrogens is 2. The number of carbonyl (C=O) groups excluding carboxylic acids is 1. The summed E-state index contributed by atoms with van der Waals surface area (Å²) in [5.74, 6) is 0.0396. The lowest BCUT2D eigenvalue weighted by Crippen LogP contribution is -2.04. The van der Waals surface area contributed by atoms with Crippen LogP contribution in [-0.2, 0) is 0 Å². The van der Waals surface area contributed by atoms with Crippen LogP contribution in [0.15, 0.2) is 18.2 Å². The standard InChI is InChI=1S/C12H10Cl2N2OS/c1-6(2)10-12(18-16-15-10)11(17)7-3-4-8(13)9(14)5-7/h3-6H,1-2H3. The third kappa shape index (κ3) is 2.55. The fraction of sp³-hybridized carbons (Fsp3) is 0.250. The third-order valence-electron chi connectivity index (χ3n) is 2.45. The third-order valence-corrected chi connectivity index (χ3v) is 3.93. The molecule has 6 heteroatoms. The number of carbonyl (C=O) groups is 1. The molecule has 2 aromatic rings. The van der Waals surface area contributed by atoms with Gasteiger partial charge in [-0.25, -0.2) is 0 Å². The maximum absolute atomic E-state index is 12.3. The number of benzene rings is 1. The highest BCUT2D eigenvalue weighted by Crippen LogP contribution is 2.27. The molecule has 0 atom stereocenters. The van der Waals surface area contributed by atoms with Gasteiger partial charge >= 0.3 is 0 Å². The number of hydrogen-bond donors (Lipinski definition) is 0. The first kappa shape index (κ1) is 13.5. The Labute approximate surface area is 119 Å². The van der Waals surface area contributed by atoms with Crippen molar-refractivity contribution in [2.45, 2.75) is 19.8 Å².